The lowest BCUT2D eigenvalue weighted by atomic mass is 9.91. The zero-order valence-corrected chi connectivity index (χ0v) is 12.6. The number of para-hydroxylation sites is 1. The highest BCUT2D eigenvalue weighted by Gasteiger charge is 2.36. The molecule has 5 heteroatoms. The molecule has 1 aromatic carbocycles. The summed E-state index contributed by atoms with van der Waals surface area (Å²) in [5.74, 6) is 1.53. The molecular weight excluding hydrogens is 334 g/mol. The average Bonchev–Trinajstić information content (AvgIpc) is 2.93. The number of H-pyrrole nitrogens is 1. The van der Waals surface area contributed by atoms with Crippen molar-refractivity contribution < 1.29 is 9.47 Å². The Balaban J connectivity index is 1.85. The van der Waals surface area contributed by atoms with Gasteiger partial charge in [0.15, 0.2) is 5.76 Å². The van der Waals surface area contributed by atoms with Gasteiger partial charge in [-0.3, -0.25) is 4.79 Å². The van der Waals surface area contributed by atoms with Crippen LogP contribution in [0.25, 0.3) is 10.9 Å². The number of pyridine rings is 1. The second-order valence-electron chi connectivity index (χ2n) is 5.17. The van der Waals surface area contributed by atoms with Gasteiger partial charge in [-0.25, -0.2) is 0 Å². The molecular formula is C16H12BrNO3. The Morgan fingerprint density at radius 1 is 1.24 bits per heavy atom. The zero-order chi connectivity index (χ0) is 14.4. The van der Waals surface area contributed by atoms with Crippen LogP contribution in [0, 0.1) is 0 Å². The van der Waals surface area contributed by atoms with Crippen LogP contribution in [0.3, 0.4) is 0 Å². The minimum Gasteiger partial charge on any atom is -0.458 e. The second-order valence-corrected chi connectivity index (χ2v) is 6.58. The van der Waals surface area contributed by atoms with Crippen molar-refractivity contribution in [3.05, 3.63) is 69.9 Å². The molecule has 1 aliphatic heterocycles. The number of ether oxygens (including phenoxy) is 2. The average molecular weight is 346 g/mol. The highest BCUT2D eigenvalue weighted by molar-refractivity contribution is 9.09. The molecule has 1 unspecified atom stereocenters. The first kappa shape index (κ1) is 12.7. The van der Waals surface area contributed by atoms with Gasteiger partial charge in [0.1, 0.15) is 5.76 Å². The first-order valence-electron chi connectivity index (χ1n) is 6.65. The van der Waals surface area contributed by atoms with E-state index in [0.29, 0.717) is 12.0 Å². The number of allylic oxidation sites excluding steroid dienone is 3. The molecule has 4 rings (SSSR count). The van der Waals surface area contributed by atoms with E-state index >= 15 is 0 Å². The van der Waals surface area contributed by atoms with Crippen LogP contribution in [0.15, 0.2) is 58.8 Å². The lowest BCUT2D eigenvalue weighted by Gasteiger charge is -2.26. The molecule has 0 saturated heterocycles. The van der Waals surface area contributed by atoms with Crippen molar-refractivity contribution in [2.45, 2.75) is 10.7 Å². The molecule has 1 aromatic heterocycles. The summed E-state index contributed by atoms with van der Waals surface area (Å²) in [6.07, 6.45) is 4.36. The van der Waals surface area contributed by atoms with E-state index in [4.69, 9.17) is 9.47 Å². The topological polar surface area (TPSA) is 51.3 Å². The van der Waals surface area contributed by atoms with Crippen molar-refractivity contribution in [2.75, 3.05) is 6.79 Å². The number of halogens is 1. The highest BCUT2D eigenvalue weighted by atomic mass is 79.9. The predicted molar refractivity (Wildman–Crippen MR) is 83.0 cm³/mol. The van der Waals surface area contributed by atoms with E-state index in [1.54, 1.807) is 0 Å². The van der Waals surface area contributed by atoms with Crippen LogP contribution in [0.4, 0.5) is 0 Å². The summed E-state index contributed by atoms with van der Waals surface area (Å²) >= 11 is 3.70. The van der Waals surface area contributed by atoms with E-state index in [1.165, 1.54) is 0 Å². The van der Waals surface area contributed by atoms with Gasteiger partial charge in [0.25, 0.3) is 5.56 Å². The maximum absolute atomic E-state index is 12.4. The van der Waals surface area contributed by atoms with Crippen LogP contribution >= 0.6 is 15.9 Å². The maximum atomic E-state index is 12.4. The van der Waals surface area contributed by atoms with Gasteiger partial charge in [-0.1, -0.05) is 40.2 Å². The molecule has 2 aromatic rings. The molecule has 2 heterocycles. The lowest BCUT2D eigenvalue weighted by Crippen LogP contribution is -2.27. The van der Waals surface area contributed by atoms with Crippen molar-refractivity contribution in [3.8, 4) is 0 Å². The van der Waals surface area contributed by atoms with E-state index in [1.807, 2.05) is 42.5 Å². The number of alkyl halides is 1. The van der Waals surface area contributed by atoms with E-state index in [0.717, 1.165) is 22.4 Å². The Morgan fingerprint density at radius 2 is 2.10 bits per heavy atom. The Labute approximate surface area is 129 Å². The standard InChI is InChI=1S/C16H12BrNO3/c17-16(6-5-13-14(8-16)21-9-20-13)11-7-10-3-1-2-4-12(10)18-15(11)19/h1-7H,8-9H2,(H,18,19). The molecule has 2 aliphatic rings. The Kier molecular flexibility index (Phi) is 2.72. The van der Waals surface area contributed by atoms with E-state index < -0.39 is 4.32 Å². The summed E-state index contributed by atoms with van der Waals surface area (Å²) in [6, 6.07) is 9.67. The number of hydrogen-bond acceptors (Lipinski definition) is 3. The van der Waals surface area contributed by atoms with Gasteiger partial charge in [-0.15, -0.1) is 0 Å². The Morgan fingerprint density at radius 3 is 3.00 bits per heavy atom. The largest absolute Gasteiger partial charge is 0.458 e. The molecule has 1 aliphatic carbocycles. The number of nitrogens with one attached hydrogen (secondary N) is 1. The number of fused-ring (bicyclic) bond motifs is 1. The molecule has 0 radical (unpaired) electrons. The van der Waals surface area contributed by atoms with Crippen molar-refractivity contribution in [2.24, 2.45) is 0 Å². The van der Waals surface area contributed by atoms with Crippen LogP contribution in [-0.4, -0.2) is 11.8 Å². The van der Waals surface area contributed by atoms with Gasteiger partial charge >= 0.3 is 0 Å². The summed E-state index contributed by atoms with van der Waals surface area (Å²) in [7, 11) is 0. The van der Waals surface area contributed by atoms with E-state index in [2.05, 4.69) is 20.9 Å². The Bertz CT molecular complexity index is 852. The van der Waals surface area contributed by atoms with Crippen molar-refractivity contribution >= 4 is 26.8 Å². The molecule has 21 heavy (non-hydrogen) atoms. The molecule has 1 atom stereocenters. The monoisotopic (exact) mass is 345 g/mol. The maximum Gasteiger partial charge on any atom is 0.253 e. The van der Waals surface area contributed by atoms with E-state index in [9.17, 15) is 4.79 Å². The van der Waals surface area contributed by atoms with Gasteiger partial charge in [0, 0.05) is 17.5 Å². The van der Waals surface area contributed by atoms with Crippen molar-refractivity contribution in [1.29, 1.82) is 0 Å². The Hall–Kier alpha value is -2.01. The predicted octanol–water partition coefficient (Wildman–Crippen LogP) is 3.29. The van der Waals surface area contributed by atoms with E-state index in [-0.39, 0.29) is 12.4 Å². The fraction of sp³-hybridized carbons (Fsp3) is 0.188. The van der Waals surface area contributed by atoms with Gasteiger partial charge in [-0.05, 0) is 23.6 Å². The third-order valence-corrected chi connectivity index (χ3v) is 4.81. The first-order valence-corrected chi connectivity index (χ1v) is 7.44. The first-order chi connectivity index (χ1) is 10.2. The second kappa shape index (κ2) is 4.49. The molecule has 1 N–H and O–H groups in total. The lowest BCUT2D eigenvalue weighted by molar-refractivity contribution is 0.0722. The highest BCUT2D eigenvalue weighted by Crippen LogP contribution is 2.43. The minimum atomic E-state index is -0.572. The molecule has 0 fully saturated rings. The fourth-order valence-corrected chi connectivity index (χ4v) is 3.42. The molecule has 0 amide bonds. The van der Waals surface area contributed by atoms with Gasteiger partial charge in [-0.2, -0.15) is 0 Å². The quantitative estimate of drug-likeness (QED) is 0.807. The minimum absolute atomic E-state index is 0.0989. The fourth-order valence-electron chi connectivity index (χ4n) is 2.74. The number of aromatic amines is 1. The third kappa shape index (κ3) is 2.00. The molecule has 4 nitrogen and oxygen atoms in total. The molecule has 106 valence electrons. The SMILES string of the molecule is O=c1[nH]c2ccccc2cc1C1(Br)C=CC2=C(C1)OCO2. The zero-order valence-electron chi connectivity index (χ0n) is 11.1. The smallest absolute Gasteiger partial charge is 0.253 e. The van der Waals surface area contributed by atoms with Crippen LogP contribution in [0.2, 0.25) is 0 Å². The number of aromatic nitrogens is 1. The molecule has 0 saturated carbocycles. The van der Waals surface area contributed by atoms with Crippen LogP contribution in [0.1, 0.15) is 12.0 Å². The molecule has 0 bridgehead atoms. The van der Waals surface area contributed by atoms with Gasteiger partial charge in [0.05, 0.1) is 4.32 Å². The van der Waals surface area contributed by atoms with Crippen LogP contribution in [0.5, 0.6) is 0 Å². The number of hydrogen-bond donors (Lipinski definition) is 1. The summed E-state index contributed by atoms with van der Waals surface area (Å²) in [6.45, 7) is 0.242. The number of benzene rings is 1. The third-order valence-electron chi connectivity index (χ3n) is 3.84. The van der Waals surface area contributed by atoms with Gasteiger partial charge < -0.3 is 14.5 Å². The summed E-state index contributed by atoms with van der Waals surface area (Å²) in [4.78, 5) is 15.4. The summed E-state index contributed by atoms with van der Waals surface area (Å²) in [5.41, 5.74) is 1.40. The van der Waals surface area contributed by atoms with Crippen LogP contribution < -0.4 is 5.56 Å². The number of rotatable bonds is 1. The molecule has 0 spiro atoms. The summed E-state index contributed by atoms with van der Waals surface area (Å²) < 4.78 is 10.2. The normalized spacial score (nSPS) is 23.9. The van der Waals surface area contributed by atoms with Crippen LogP contribution in [-0.2, 0) is 13.8 Å². The summed E-state index contributed by atoms with van der Waals surface area (Å²) in [5, 5.41) is 1.00. The van der Waals surface area contributed by atoms with Gasteiger partial charge in [0.2, 0.25) is 6.79 Å². The van der Waals surface area contributed by atoms with Crippen molar-refractivity contribution in [1.82, 2.24) is 4.98 Å². The van der Waals surface area contributed by atoms with Crippen molar-refractivity contribution in [3.63, 3.8) is 0 Å².